The molecule has 20 heavy (non-hydrogen) atoms. The van der Waals surface area contributed by atoms with E-state index in [1.807, 2.05) is 6.07 Å². The maximum Gasteiger partial charge on any atom is 0.323 e. The van der Waals surface area contributed by atoms with Crippen LogP contribution < -0.4 is 14.8 Å². The van der Waals surface area contributed by atoms with Crippen LogP contribution in [-0.4, -0.2) is 29.8 Å². The Bertz CT molecular complexity index is 542. The van der Waals surface area contributed by atoms with E-state index >= 15 is 0 Å². The number of halogens is 1. The number of carboxylic acid groups (broad SMARTS) is 1. The van der Waals surface area contributed by atoms with E-state index in [-0.39, 0.29) is 0 Å². The lowest BCUT2D eigenvalue weighted by atomic mass is 9.76. The van der Waals surface area contributed by atoms with Gasteiger partial charge in [0, 0.05) is 6.54 Å². The summed E-state index contributed by atoms with van der Waals surface area (Å²) < 4.78 is 11.0. The highest BCUT2D eigenvalue weighted by Crippen LogP contribution is 2.39. The maximum absolute atomic E-state index is 11.3. The molecule has 3 rings (SSSR count). The van der Waals surface area contributed by atoms with Crippen LogP contribution in [0.4, 0.5) is 0 Å². The fraction of sp³-hybridized carbons (Fsp3) is 0.500. The second-order valence-corrected chi connectivity index (χ2v) is 5.60. The van der Waals surface area contributed by atoms with Crippen molar-refractivity contribution in [3.8, 4) is 11.5 Å². The zero-order valence-electron chi connectivity index (χ0n) is 10.9. The molecule has 0 atom stereocenters. The van der Waals surface area contributed by atoms with Crippen molar-refractivity contribution in [1.29, 1.82) is 0 Å². The van der Waals surface area contributed by atoms with Crippen LogP contribution in [-0.2, 0) is 11.3 Å². The summed E-state index contributed by atoms with van der Waals surface area (Å²) in [5.74, 6) is 0.407. The number of carboxylic acids is 1. The molecule has 1 heterocycles. The van der Waals surface area contributed by atoms with Gasteiger partial charge in [-0.25, -0.2) is 0 Å². The van der Waals surface area contributed by atoms with Crippen molar-refractivity contribution in [2.45, 2.75) is 31.3 Å². The molecule has 1 aromatic rings. The zero-order chi connectivity index (χ0) is 14.2. The van der Waals surface area contributed by atoms with Crippen molar-refractivity contribution in [3.63, 3.8) is 0 Å². The maximum atomic E-state index is 11.3. The summed E-state index contributed by atoms with van der Waals surface area (Å²) in [7, 11) is 0. The van der Waals surface area contributed by atoms with Crippen LogP contribution in [0.1, 0.15) is 24.8 Å². The summed E-state index contributed by atoms with van der Waals surface area (Å²) in [5, 5.41) is 12.9. The number of hydrogen-bond acceptors (Lipinski definition) is 4. The van der Waals surface area contributed by atoms with Gasteiger partial charge in [0.05, 0.1) is 5.02 Å². The van der Waals surface area contributed by atoms with E-state index in [9.17, 15) is 9.90 Å². The first kappa shape index (κ1) is 13.5. The van der Waals surface area contributed by atoms with Crippen LogP contribution in [0.2, 0.25) is 5.02 Å². The second kappa shape index (κ2) is 5.14. The molecule has 1 aromatic carbocycles. The van der Waals surface area contributed by atoms with Crippen LogP contribution >= 0.6 is 11.6 Å². The van der Waals surface area contributed by atoms with Crippen LogP contribution in [0.15, 0.2) is 12.1 Å². The molecule has 0 aromatic heterocycles. The Morgan fingerprint density at radius 2 is 2.10 bits per heavy atom. The van der Waals surface area contributed by atoms with Gasteiger partial charge in [-0.2, -0.15) is 0 Å². The standard InChI is InChI=1S/C14H16ClNO4/c15-10-6-9(7-11-12(10)20-5-4-19-11)8-16-14(13(17)18)2-1-3-14/h6-7,16H,1-5,8H2,(H,17,18). The molecule has 0 radical (unpaired) electrons. The van der Waals surface area contributed by atoms with E-state index in [2.05, 4.69) is 5.32 Å². The summed E-state index contributed by atoms with van der Waals surface area (Å²) in [6.07, 6.45) is 2.28. The zero-order valence-corrected chi connectivity index (χ0v) is 11.7. The first-order valence-electron chi connectivity index (χ1n) is 6.67. The second-order valence-electron chi connectivity index (χ2n) is 5.20. The molecular formula is C14H16ClNO4. The van der Waals surface area contributed by atoms with E-state index in [0.29, 0.717) is 49.1 Å². The normalized spacial score (nSPS) is 19.2. The lowest BCUT2D eigenvalue weighted by Crippen LogP contribution is -2.56. The summed E-state index contributed by atoms with van der Waals surface area (Å²) in [6.45, 7) is 1.44. The Kier molecular flexibility index (Phi) is 3.48. The van der Waals surface area contributed by atoms with Crippen molar-refractivity contribution < 1.29 is 19.4 Å². The molecule has 1 fully saturated rings. The molecule has 2 aliphatic rings. The van der Waals surface area contributed by atoms with Crippen LogP contribution in [0.3, 0.4) is 0 Å². The molecule has 0 saturated heterocycles. The number of rotatable bonds is 4. The molecule has 0 spiro atoms. The average Bonchev–Trinajstić information content (AvgIpc) is 2.37. The lowest BCUT2D eigenvalue weighted by molar-refractivity contribution is -0.148. The highest BCUT2D eigenvalue weighted by molar-refractivity contribution is 6.32. The molecule has 1 saturated carbocycles. The van der Waals surface area contributed by atoms with E-state index < -0.39 is 11.5 Å². The topological polar surface area (TPSA) is 67.8 Å². The predicted molar refractivity (Wildman–Crippen MR) is 73.5 cm³/mol. The van der Waals surface area contributed by atoms with Gasteiger partial charge in [0.25, 0.3) is 0 Å². The monoisotopic (exact) mass is 297 g/mol. The molecule has 2 N–H and O–H groups in total. The minimum absolute atomic E-state index is 0.447. The van der Waals surface area contributed by atoms with Crippen molar-refractivity contribution in [2.24, 2.45) is 0 Å². The Morgan fingerprint density at radius 3 is 2.75 bits per heavy atom. The van der Waals surface area contributed by atoms with E-state index in [4.69, 9.17) is 21.1 Å². The number of hydrogen-bond donors (Lipinski definition) is 2. The Balaban J connectivity index is 1.75. The fourth-order valence-corrected chi connectivity index (χ4v) is 2.82. The molecule has 5 nitrogen and oxygen atoms in total. The van der Waals surface area contributed by atoms with Crippen LogP contribution in [0.5, 0.6) is 11.5 Å². The number of aliphatic carboxylic acids is 1. The smallest absolute Gasteiger partial charge is 0.323 e. The van der Waals surface area contributed by atoms with E-state index in [0.717, 1.165) is 12.0 Å². The van der Waals surface area contributed by atoms with Gasteiger partial charge in [0.1, 0.15) is 18.8 Å². The van der Waals surface area contributed by atoms with Gasteiger partial charge in [0.2, 0.25) is 0 Å². The van der Waals surface area contributed by atoms with Gasteiger partial charge in [-0.3, -0.25) is 10.1 Å². The third kappa shape index (κ3) is 2.31. The Labute approximate surface area is 121 Å². The largest absolute Gasteiger partial charge is 0.486 e. The lowest BCUT2D eigenvalue weighted by Gasteiger charge is -2.38. The first-order chi connectivity index (χ1) is 9.61. The van der Waals surface area contributed by atoms with E-state index in [1.54, 1.807) is 6.07 Å². The fourth-order valence-electron chi connectivity index (χ4n) is 2.53. The molecular weight excluding hydrogens is 282 g/mol. The van der Waals surface area contributed by atoms with Gasteiger partial charge in [0.15, 0.2) is 11.5 Å². The third-order valence-electron chi connectivity index (χ3n) is 3.90. The van der Waals surface area contributed by atoms with E-state index in [1.165, 1.54) is 0 Å². The SMILES string of the molecule is O=C(O)C1(NCc2cc(Cl)c3c(c2)OCCO3)CCC1. The number of fused-ring (bicyclic) bond motifs is 1. The van der Waals surface area contributed by atoms with Crippen LogP contribution in [0.25, 0.3) is 0 Å². The average molecular weight is 298 g/mol. The highest BCUT2D eigenvalue weighted by Gasteiger charge is 2.43. The van der Waals surface area contributed by atoms with Gasteiger partial charge < -0.3 is 14.6 Å². The Morgan fingerprint density at radius 1 is 1.35 bits per heavy atom. The van der Waals surface area contributed by atoms with Crippen molar-refractivity contribution in [1.82, 2.24) is 5.32 Å². The third-order valence-corrected chi connectivity index (χ3v) is 4.18. The van der Waals surface area contributed by atoms with Gasteiger partial charge in [-0.1, -0.05) is 11.6 Å². The minimum atomic E-state index is -0.785. The summed E-state index contributed by atoms with van der Waals surface area (Å²) in [6, 6.07) is 3.64. The molecule has 6 heteroatoms. The minimum Gasteiger partial charge on any atom is -0.486 e. The van der Waals surface area contributed by atoms with Crippen molar-refractivity contribution in [3.05, 3.63) is 22.7 Å². The first-order valence-corrected chi connectivity index (χ1v) is 7.05. The van der Waals surface area contributed by atoms with Gasteiger partial charge in [-0.15, -0.1) is 0 Å². The number of carbonyl (C=O) groups is 1. The van der Waals surface area contributed by atoms with Crippen molar-refractivity contribution >= 4 is 17.6 Å². The molecule has 0 amide bonds. The summed E-state index contributed by atoms with van der Waals surface area (Å²) >= 11 is 6.16. The number of nitrogens with one attached hydrogen (secondary N) is 1. The summed E-state index contributed by atoms with van der Waals surface area (Å²) in [4.78, 5) is 11.3. The van der Waals surface area contributed by atoms with Gasteiger partial charge in [-0.05, 0) is 37.0 Å². The quantitative estimate of drug-likeness (QED) is 0.892. The Hall–Kier alpha value is -1.46. The summed E-state index contributed by atoms with van der Waals surface area (Å²) in [5.41, 5.74) is 0.117. The number of ether oxygens (including phenoxy) is 2. The van der Waals surface area contributed by atoms with Crippen molar-refractivity contribution in [2.75, 3.05) is 13.2 Å². The predicted octanol–water partition coefficient (Wildman–Crippen LogP) is 2.21. The van der Waals surface area contributed by atoms with Crippen LogP contribution in [0, 0.1) is 0 Å². The van der Waals surface area contributed by atoms with Gasteiger partial charge >= 0.3 is 5.97 Å². The molecule has 0 unspecified atom stereocenters. The highest BCUT2D eigenvalue weighted by atomic mass is 35.5. The molecule has 108 valence electrons. The molecule has 1 aliphatic heterocycles. The molecule has 1 aliphatic carbocycles. The molecule has 0 bridgehead atoms. The number of benzene rings is 1.